The van der Waals surface area contributed by atoms with Gasteiger partial charge in [-0.2, -0.15) is 0 Å². The fourth-order valence-electron chi connectivity index (χ4n) is 0.728. The summed E-state index contributed by atoms with van der Waals surface area (Å²) >= 11 is 0. The monoisotopic (exact) mass is 173 g/mol. The van der Waals surface area contributed by atoms with E-state index in [1.165, 1.54) is 0 Å². The molecule has 5 nitrogen and oxygen atoms in total. The van der Waals surface area contributed by atoms with Gasteiger partial charge in [-0.3, -0.25) is 0 Å². The van der Waals surface area contributed by atoms with Gasteiger partial charge in [-0.25, -0.2) is 4.79 Å². The summed E-state index contributed by atoms with van der Waals surface area (Å²) in [7, 11) is 0. The van der Waals surface area contributed by atoms with Crippen LogP contribution in [0.4, 0.5) is 5.88 Å². The molecule has 12 heavy (non-hydrogen) atoms. The molecule has 0 unspecified atom stereocenters. The second kappa shape index (κ2) is 3.96. The summed E-state index contributed by atoms with van der Waals surface area (Å²) in [4.78, 5) is 10.5. The molecule has 0 bridgehead atoms. The summed E-state index contributed by atoms with van der Waals surface area (Å²) in [5.41, 5.74) is 5.28. The van der Waals surface area contributed by atoms with Crippen LogP contribution in [0.15, 0.2) is 13.6 Å². The summed E-state index contributed by atoms with van der Waals surface area (Å²) in [6, 6.07) is 0. The van der Waals surface area contributed by atoms with Crippen LogP contribution in [0.25, 0.3) is 0 Å². The van der Waals surface area contributed by atoms with Crippen LogP contribution in [0, 0.1) is 0 Å². The average Bonchev–Trinajstić information content (AvgIpc) is 2.31. The fourth-order valence-corrected chi connectivity index (χ4v) is 0.728. The molecule has 0 aliphatic carbocycles. The molecule has 1 aromatic heterocycles. The molecule has 0 aliphatic rings. The number of nitrogen functional groups attached to an aromatic ring is 1. The lowest BCUT2D eigenvalue weighted by molar-refractivity contribution is 0.106. The Morgan fingerprint density at radius 2 is 2.25 bits per heavy atom. The summed E-state index contributed by atoms with van der Waals surface area (Å²) in [5.74, 6) is -0.535. The first-order valence-corrected chi connectivity index (χ1v) is 3.70. The molecule has 0 amide bonds. The Hall–Kier alpha value is -1.23. The van der Waals surface area contributed by atoms with Gasteiger partial charge in [0, 0.05) is 6.61 Å². The molecule has 0 saturated heterocycles. The van der Waals surface area contributed by atoms with Crippen molar-refractivity contribution < 1.29 is 13.6 Å². The highest BCUT2D eigenvalue weighted by Gasteiger charge is 2.08. The lowest BCUT2D eigenvalue weighted by Gasteiger charge is -1.97. The van der Waals surface area contributed by atoms with Gasteiger partial charge >= 0.3 is 5.82 Å². The molecular weight excluding hydrogens is 162 g/mol. The van der Waals surface area contributed by atoms with Crippen LogP contribution in [-0.4, -0.2) is 6.61 Å². The van der Waals surface area contributed by atoms with Crippen LogP contribution < -0.4 is 11.6 Å². The van der Waals surface area contributed by atoms with Crippen molar-refractivity contribution in [2.45, 2.75) is 20.0 Å². The quantitative estimate of drug-likeness (QED) is 0.679. The van der Waals surface area contributed by atoms with E-state index in [9.17, 15) is 4.79 Å². The normalized spacial score (nSPS) is 10.4. The number of nitrogens with two attached hydrogens (primary N) is 1. The van der Waals surface area contributed by atoms with Gasteiger partial charge in [0.2, 0.25) is 5.88 Å². The molecule has 0 fully saturated rings. The third kappa shape index (κ3) is 2.13. The molecule has 2 N–H and O–H groups in total. The maximum absolute atomic E-state index is 10.5. The highest BCUT2D eigenvalue weighted by atomic mass is 16.6. The molecule has 0 atom stereocenters. The third-order valence-corrected chi connectivity index (χ3v) is 1.26. The Kier molecular flexibility index (Phi) is 2.93. The number of hydrogen-bond donors (Lipinski definition) is 1. The lowest BCUT2D eigenvalue weighted by Crippen LogP contribution is -1.95. The minimum Gasteiger partial charge on any atom is -0.391 e. The Bertz CT molecular complexity index is 288. The van der Waals surface area contributed by atoms with E-state index in [1.807, 2.05) is 6.92 Å². The second-order valence-electron chi connectivity index (χ2n) is 2.29. The summed E-state index contributed by atoms with van der Waals surface area (Å²) < 4.78 is 14.1. The second-order valence-corrected chi connectivity index (χ2v) is 2.29. The topological polar surface area (TPSA) is 78.6 Å². The van der Waals surface area contributed by atoms with Gasteiger partial charge in [-0.05, 0) is 6.42 Å². The highest BCUT2D eigenvalue weighted by Crippen LogP contribution is 2.09. The molecule has 0 radical (unpaired) electrons. The zero-order valence-corrected chi connectivity index (χ0v) is 6.83. The van der Waals surface area contributed by atoms with Crippen LogP contribution in [0.2, 0.25) is 0 Å². The first kappa shape index (κ1) is 8.86. The van der Waals surface area contributed by atoms with Gasteiger partial charge in [-0.15, -0.1) is 0 Å². The van der Waals surface area contributed by atoms with E-state index in [-0.39, 0.29) is 18.3 Å². The van der Waals surface area contributed by atoms with Gasteiger partial charge in [0.05, 0.1) is 0 Å². The SMILES string of the molecule is CCCOCc1oc(=O)oc1N. The minimum atomic E-state index is -0.789. The molecule has 0 aromatic carbocycles. The summed E-state index contributed by atoms with van der Waals surface area (Å²) in [6.07, 6.45) is 0.905. The van der Waals surface area contributed by atoms with Gasteiger partial charge in [0.15, 0.2) is 5.76 Å². The zero-order chi connectivity index (χ0) is 8.97. The van der Waals surface area contributed by atoms with E-state index in [0.29, 0.717) is 6.61 Å². The average molecular weight is 173 g/mol. The first-order chi connectivity index (χ1) is 5.74. The smallest absolute Gasteiger partial charge is 0.391 e. The predicted octanol–water partition coefficient (Wildman–Crippen LogP) is 0.742. The molecular formula is C7H11NO4. The molecule has 0 saturated carbocycles. The molecule has 68 valence electrons. The Morgan fingerprint density at radius 3 is 2.75 bits per heavy atom. The standard InChI is InChI=1S/C7H11NO4/c1-2-3-10-4-5-6(8)12-7(9)11-5/h2-4,8H2,1H3. The van der Waals surface area contributed by atoms with Gasteiger partial charge in [0.1, 0.15) is 6.61 Å². The largest absolute Gasteiger partial charge is 0.520 e. The van der Waals surface area contributed by atoms with Crippen LogP contribution in [0.5, 0.6) is 0 Å². The highest BCUT2D eigenvalue weighted by molar-refractivity contribution is 5.25. The number of ether oxygens (including phenoxy) is 1. The Balaban J connectivity index is 2.51. The summed E-state index contributed by atoms with van der Waals surface area (Å²) in [6.45, 7) is 2.77. The van der Waals surface area contributed by atoms with Crippen molar-refractivity contribution in [3.05, 3.63) is 16.4 Å². The lowest BCUT2D eigenvalue weighted by atomic mass is 10.5. The third-order valence-electron chi connectivity index (χ3n) is 1.26. The van der Waals surface area contributed by atoms with Gasteiger partial charge in [-0.1, -0.05) is 6.92 Å². The van der Waals surface area contributed by atoms with Crippen LogP contribution in [0.3, 0.4) is 0 Å². The molecule has 5 heteroatoms. The van der Waals surface area contributed by atoms with Crippen LogP contribution >= 0.6 is 0 Å². The molecule has 1 rings (SSSR count). The Labute approximate surface area is 69.1 Å². The number of anilines is 1. The van der Waals surface area contributed by atoms with Crippen LogP contribution in [-0.2, 0) is 11.3 Å². The van der Waals surface area contributed by atoms with E-state index >= 15 is 0 Å². The fraction of sp³-hybridized carbons (Fsp3) is 0.571. The van der Waals surface area contributed by atoms with E-state index in [2.05, 4.69) is 8.83 Å². The zero-order valence-electron chi connectivity index (χ0n) is 6.83. The van der Waals surface area contributed by atoms with Crippen molar-refractivity contribution in [1.29, 1.82) is 0 Å². The maximum Gasteiger partial charge on any atom is 0.520 e. The van der Waals surface area contributed by atoms with Crippen molar-refractivity contribution in [3.8, 4) is 0 Å². The minimum absolute atomic E-state index is 0.00361. The van der Waals surface area contributed by atoms with Crippen molar-refractivity contribution in [1.82, 2.24) is 0 Å². The van der Waals surface area contributed by atoms with Crippen molar-refractivity contribution in [3.63, 3.8) is 0 Å². The first-order valence-electron chi connectivity index (χ1n) is 3.70. The Morgan fingerprint density at radius 1 is 1.50 bits per heavy atom. The molecule has 0 spiro atoms. The molecule has 1 heterocycles. The molecule has 0 aliphatic heterocycles. The maximum atomic E-state index is 10.5. The van der Waals surface area contributed by atoms with Crippen molar-refractivity contribution in [2.75, 3.05) is 12.3 Å². The summed E-state index contributed by atoms with van der Waals surface area (Å²) in [5, 5.41) is 0. The number of hydrogen-bond acceptors (Lipinski definition) is 5. The predicted molar refractivity (Wildman–Crippen MR) is 41.6 cm³/mol. The van der Waals surface area contributed by atoms with Crippen LogP contribution in [0.1, 0.15) is 19.1 Å². The van der Waals surface area contributed by atoms with E-state index in [4.69, 9.17) is 10.5 Å². The van der Waals surface area contributed by atoms with E-state index in [1.54, 1.807) is 0 Å². The van der Waals surface area contributed by atoms with Gasteiger partial charge in [0.25, 0.3) is 0 Å². The van der Waals surface area contributed by atoms with Crippen molar-refractivity contribution in [2.24, 2.45) is 0 Å². The van der Waals surface area contributed by atoms with E-state index < -0.39 is 5.82 Å². The van der Waals surface area contributed by atoms with Gasteiger partial charge < -0.3 is 19.3 Å². The number of rotatable bonds is 4. The van der Waals surface area contributed by atoms with Crippen molar-refractivity contribution >= 4 is 5.88 Å². The molecule has 1 aromatic rings. The van der Waals surface area contributed by atoms with E-state index in [0.717, 1.165) is 6.42 Å².